The molecular weight excluding hydrogens is 271 g/mol. The Morgan fingerprint density at radius 1 is 0.950 bits per heavy atom. The highest BCUT2D eigenvalue weighted by Gasteiger charge is 2.31. The van der Waals surface area contributed by atoms with Gasteiger partial charge in [0.2, 0.25) is 0 Å². The van der Waals surface area contributed by atoms with E-state index in [0.29, 0.717) is 5.75 Å². The molecule has 0 bridgehead atoms. The van der Waals surface area contributed by atoms with Crippen molar-refractivity contribution in [1.82, 2.24) is 0 Å². The largest absolute Gasteiger partial charge is 0.573 e. The molecule has 106 valence electrons. The van der Waals surface area contributed by atoms with Crippen LogP contribution in [0.2, 0.25) is 0 Å². The average Bonchev–Trinajstić information content (AvgIpc) is 2.33. The van der Waals surface area contributed by atoms with Crippen LogP contribution in [0, 0.1) is 6.92 Å². The number of anilines is 1. The number of alkyl halides is 3. The number of hydrogen-bond acceptors (Lipinski definition) is 3. The molecule has 0 aliphatic carbocycles. The predicted octanol–water partition coefficient (Wildman–Crippen LogP) is 4.27. The first-order chi connectivity index (χ1) is 9.33. The molecule has 0 aromatic heterocycles. The monoisotopic (exact) mass is 283 g/mol. The highest BCUT2D eigenvalue weighted by atomic mass is 19.4. The molecule has 2 aromatic carbocycles. The van der Waals surface area contributed by atoms with Crippen molar-refractivity contribution in [3.05, 3.63) is 48.0 Å². The van der Waals surface area contributed by atoms with E-state index < -0.39 is 6.36 Å². The summed E-state index contributed by atoms with van der Waals surface area (Å²) < 4.78 is 45.4. The van der Waals surface area contributed by atoms with Crippen molar-refractivity contribution >= 4 is 5.69 Å². The van der Waals surface area contributed by atoms with Crippen LogP contribution in [-0.4, -0.2) is 6.36 Å². The first-order valence-corrected chi connectivity index (χ1v) is 5.73. The molecule has 0 aliphatic heterocycles. The lowest BCUT2D eigenvalue weighted by molar-refractivity contribution is -0.274. The lowest BCUT2D eigenvalue weighted by atomic mass is 10.2. The van der Waals surface area contributed by atoms with Gasteiger partial charge in [0.25, 0.3) is 0 Å². The Morgan fingerprint density at radius 2 is 1.55 bits per heavy atom. The van der Waals surface area contributed by atoms with Crippen LogP contribution in [0.15, 0.2) is 42.5 Å². The Labute approximate surface area is 113 Å². The zero-order valence-electron chi connectivity index (χ0n) is 10.6. The zero-order valence-corrected chi connectivity index (χ0v) is 10.6. The van der Waals surface area contributed by atoms with Gasteiger partial charge in [-0.1, -0.05) is 17.7 Å². The molecule has 0 aliphatic rings. The van der Waals surface area contributed by atoms with Gasteiger partial charge in [-0.3, -0.25) is 0 Å². The van der Waals surface area contributed by atoms with Gasteiger partial charge in [-0.25, -0.2) is 0 Å². The highest BCUT2D eigenvalue weighted by Crippen LogP contribution is 2.32. The lowest BCUT2D eigenvalue weighted by Gasteiger charge is -2.12. The molecule has 0 spiro atoms. The molecule has 0 radical (unpaired) electrons. The third-order valence-corrected chi connectivity index (χ3v) is 2.46. The minimum Gasteiger partial charge on any atom is -0.455 e. The molecule has 0 fully saturated rings. The summed E-state index contributed by atoms with van der Waals surface area (Å²) in [4.78, 5) is 0. The maximum absolute atomic E-state index is 12.1. The molecule has 0 saturated carbocycles. The second-order valence-corrected chi connectivity index (χ2v) is 4.16. The van der Waals surface area contributed by atoms with Crippen molar-refractivity contribution in [2.45, 2.75) is 13.3 Å². The Morgan fingerprint density at radius 3 is 2.10 bits per heavy atom. The van der Waals surface area contributed by atoms with Crippen LogP contribution in [0.3, 0.4) is 0 Å². The summed E-state index contributed by atoms with van der Waals surface area (Å²) in [7, 11) is 0. The Kier molecular flexibility index (Phi) is 3.74. The molecular formula is C14H12F3NO2. The second kappa shape index (κ2) is 5.32. The molecule has 2 N–H and O–H groups in total. The molecule has 6 heteroatoms. The van der Waals surface area contributed by atoms with Crippen LogP contribution in [0.1, 0.15) is 5.56 Å². The molecule has 0 amide bonds. The molecule has 0 heterocycles. The van der Waals surface area contributed by atoms with Crippen LogP contribution < -0.4 is 15.2 Å². The van der Waals surface area contributed by atoms with Gasteiger partial charge in [0, 0.05) is 6.07 Å². The summed E-state index contributed by atoms with van der Waals surface area (Å²) in [5.74, 6) is 0.432. The quantitative estimate of drug-likeness (QED) is 0.856. The molecule has 0 unspecified atom stereocenters. The smallest absolute Gasteiger partial charge is 0.455 e. The van der Waals surface area contributed by atoms with Gasteiger partial charge >= 0.3 is 6.36 Å². The fourth-order valence-corrected chi connectivity index (χ4v) is 1.55. The first-order valence-electron chi connectivity index (χ1n) is 5.73. The SMILES string of the molecule is Cc1ccc(Oc2ccc(OC(F)(F)F)cc2N)cc1. The molecule has 0 atom stereocenters. The van der Waals surface area contributed by atoms with Crippen molar-refractivity contribution in [3.8, 4) is 17.2 Å². The van der Waals surface area contributed by atoms with Gasteiger partial charge in [0.15, 0.2) is 5.75 Å². The van der Waals surface area contributed by atoms with Gasteiger partial charge in [0.05, 0.1) is 5.69 Å². The second-order valence-electron chi connectivity index (χ2n) is 4.16. The van der Waals surface area contributed by atoms with Crippen molar-refractivity contribution < 1.29 is 22.6 Å². The van der Waals surface area contributed by atoms with Crippen LogP contribution in [0.4, 0.5) is 18.9 Å². The van der Waals surface area contributed by atoms with E-state index in [1.54, 1.807) is 12.1 Å². The first kappa shape index (κ1) is 14.0. The van der Waals surface area contributed by atoms with Gasteiger partial charge < -0.3 is 15.2 Å². The number of nitrogen functional groups attached to an aromatic ring is 1. The minimum absolute atomic E-state index is 0.0623. The van der Waals surface area contributed by atoms with Crippen molar-refractivity contribution in [3.63, 3.8) is 0 Å². The summed E-state index contributed by atoms with van der Waals surface area (Å²) in [5.41, 5.74) is 6.78. The normalized spacial score (nSPS) is 11.2. The van der Waals surface area contributed by atoms with E-state index in [1.165, 1.54) is 6.07 Å². The lowest BCUT2D eigenvalue weighted by Crippen LogP contribution is -2.17. The number of hydrogen-bond donors (Lipinski definition) is 1. The van der Waals surface area contributed by atoms with E-state index >= 15 is 0 Å². The van der Waals surface area contributed by atoms with Crippen molar-refractivity contribution in [2.24, 2.45) is 0 Å². The van der Waals surface area contributed by atoms with Crippen molar-refractivity contribution in [2.75, 3.05) is 5.73 Å². The number of benzene rings is 2. The Bertz CT molecular complexity index is 594. The van der Waals surface area contributed by atoms with Crippen LogP contribution in [0.5, 0.6) is 17.2 Å². The van der Waals surface area contributed by atoms with E-state index in [1.807, 2.05) is 19.1 Å². The zero-order chi connectivity index (χ0) is 14.8. The number of aryl methyl sites for hydroxylation is 1. The summed E-state index contributed by atoms with van der Waals surface area (Å²) in [6.45, 7) is 1.93. The number of ether oxygens (including phenoxy) is 2. The fourth-order valence-electron chi connectivity index (χ4n) is 1.55. The molecule has 2 rings (SSSR count). The Hall–Kier alpha value is -2.37. The minimum atomic E-state index is -4.74. The summed E-state index contributed by atoms with van der Waals surface area (Å²) in [6.07, 6.45) is -4.74. The van der Waals surface area contributed by atoms with Gasteiger partial charge in [0.1, 0.15) is 11.5 Å². The molecule has 3 nitrogen and oxygen atoms in total. The van der Waals surface area contributed by atoms with Gasteiger partial charge in [-0.05, 0) is 31.2 Å². The van der Waals surface area contributed by atoms with E-state index in [0.717, 1.165) is 17.7 Å². The highest BCUT2D eigenvalue weighted by molar-refractivity contribution is 5.57. The van der Waals surface area contributed by atoms with Crippen LogP contribution in [-0.2, 0) is 0 Å². The number of rotatable bonds is 3. The average molecular weight is 283 g/mol. The fraction of sp³-hybridized carbons (Fsp3) is 0.143. The van der Waals surface area contributed by atoms with E-state index in [-0.39, 0.29) is 17.2 Å². The summed E-state index contributed by atoms with van der Waals surface area (Å²) in [5, 5.41) is 0. The van der Waals surface area contributed by atoms with E-state index in [9.17, 15) is 13.2 Å². The summed E-state index contributed by atoms with van der Waals surface area (Å²) >= 11 is 0. The Balaban J connectivity index is 2.15. The third kappa shape index (κ3) is 3.81. The molecule has 0 saturated heterocycles. The summed E-state index contributed by atoms with van der Waals surface area (Å²) in [6, 6.07) is 10.7. The van der Waals surface area contributed by atoms with Crippen LogP contribution >= 0.6 is 0 Å². The topological polar surface area (TPSA) is 44.5 Å². The van der Waals surface area contributed by atoms with Crippen LogP contribution in [0.25, 0.3) is 0 Å². The third-order valence-electron chi connectivity index (χ3n) is 2.46. The maximum atomic E-state index is 12.1. The maximum Gasteiger partial charge on any atom is 0.573 e. The van der Waals surface area contributed by atoms with Crippen molar-refractivity contribution in [1.29, 1.82) is 0 Å². The van der Waals surface area contributed by atoms with Gasteiger partial charge in [-0.15, -0.1) is 13.2 Å². The molecule has 20 heavy (non-hydrogen) atoms. The number of nitrogens with two attached hydrogens (primary N) is 1. The molecule has 2 aromatic rings. The standard InChI is InChI=1S/C14H12F3NO2/c1-9-2-4-10(5-3-9)19-13-7-6-11(8-12(13)18)20-14(15,16)17/h2-8H,18H2,1H3. The van der Waals surface area contributed by atoms with E-state index in [4.69, 9.17) is 10.5 Å². The van der Waals surface area contributed by atoms with Gasteiger partial charge in [-0.2, -0.15) is 0 Å². The van der Waals surface area contributed by atoms with E-state index in [2.05, 4.69) is 4.74 Å². The predicted molar refractivity (Wildman–Crippen MR) is 68.8 cm³/mol. The number of halogens is 3.